The smallest absolute Gasteiger partial charge is 0.256 e. The maximum absolute atomic E-state index is 12.9. The fourth-order valence-electron chi connectivity index (χ4n) is 3.60. The molecule has 0 fully saturated rings. The summed E-state index contributed by atoms with van der Waals surface area (Å²) < 4.78 is 0. The van der Waals surface area contributed by atoms with E-state index in [0.717, 1.165) is 17.0 Å². The van der Waals surface area contributed by atoms with Crippen molar-refractivity contribution in [3.05, 3.63) is 64.7 Å². The van der Waals surface area contributed by atoms with Gasteiger partial charge in [0.1, 0.15) is 4.83 Å². The Bertz CT molecular complexity index is 870. The zero-order valence-electron chi connectivity index (χ0n) is 13.2. The van der Waals surface area contributed by atoms with Crippen LogP contribution in [0.15, 0.2) is 53.6 Å². The van der Waals surface area contributed by atoms with Crippen molar-refractivity contribution < 1.29 is 4.79 Å². The molecular formula is C18H15BrClN3O. The monoisotopic (exact) mass is 403 g/mol. The van der Waals surface area contributed by atoms with Gasteiger partial charge in [0.2, 0.25) is 0 Å². The number of anilines is 1. The standard InChI is InChI=1S/C18H15BrClN3O/c1-11-16(19)18(23(21-11)13-6-4-3-5-7-13)15-9-8-12(20)10-14(15)17(24)22(18)2/h3-10,16H,1-2H3. The number of hydrazone groups is 1. The molecule has 4 nitrogen and oxygen atoms in total. The summed E-state index contributed by atoms with van der Waals surface area (Å²) in [5.41, 5.74) is 2.65. The van der Waals surface area contributed by atoms with E-state index in [4.69, 9.17) is 16.7 Å². The first-order valence-corrected chi connectivity index (χ1v) is 8.90. The summed E-state index contributed by atoms with van der Waals surface area (Å²) in [5.74, 6) is -0.0530. The number of amides is 1. The first kappa shape index (κ1) is 15.7. The fourth-order valence-corrected chi connectivity index (χ4v) is 4.61. The maximum Gasteiger partial charge on any atom is 0.256 e. The molecule has 0 saturated carbocycles. The zero-order chi connectivity index (χ0) is 17.1. The summed E-state index contributed by atoms with van der Waals surface area (Å²) in [7, 11) is 1.81. The van der Waals surface area contributed by atoms with Gasteiger partial charge in [0.15, 0.2) is 5.66 Å². The molecule has 2 atom stereocenters. The summed E-state index contributed by atoms with van der Waals surface area (Å²) in [4.78, 5) is 14.5. The number of alkyl halides is 1. The maximum atomic E-state index is 12.9. The lowest BCUT2D eigenvalue weighted by Crippen LogP contribution is -2.56. The van der Waals surface area contributed by atoms with Crippen LogP contribution in [-0.4, -0.2) is 28.4 Å². The Kier molecular flexibility index (Phi) is 3.48. The predicted octanol–water partition coefficient (Wildman–Crippen LogP) is 4.24. The molecule has 2 heterocycles. The van der Waals surface area contributed by atoms with Gasteiger partial charge in [-0.25, -0.2) is 5.01 Å². The average molecular weight is 405 g/mol. The summed E-state index contributed by atoms with van der Waals surface area (Å²) in [5, 5.41) is 7.24. The van der Waals surface area contributed by atoms with E-state index >= 15 is 0 Å². The van der Waals surface area contributed by atoms with Crippen molar-refractivity contribution in [1.29, 1.82) is 0 Å². The van der Waals surface area contributed by atoms with Gasteiger partial charge in [-0.3, -0.25) is 4.79 Å². The molecule has 2 aliphatic rings. The van der Waals surface area contributed by atoms with E-state index in [2.05, 4.69) is 15.9 Å². The van der Waals surface area contributed by atoms with Crippen LogP contribution in [0.5, 0.6) is 0 Å². The molecule has 0 saturated heterocycles. The fraction of sp³-hybridized carbons (Fsp3) is 0.222. The number of fused-ring (bicyclic) bond motifs is 2. The molecule has 0 radical (unpaired) electrons. The lowest BCUT2D eigenvalue weighted by molar-refractivity contribution is 0.0659. The van der Waals surface area contributed by atoms with Gasteiger partial charge in [-0.15, -0.1) is 0 Å². The third-order valence-corrected chi connectivity index (χ3v) is 6.26. The Morgan fingerprint density at radius 1 is 1.21 bits per heavy atom. The highest BCUT2D eigenvalue weighted by Crippen LogP contribution is 2.51. The number of benzene rings is 2. The van der Waals surface area contributed by atoms with E-state index in [0.29, 0.717) is 10.6 Å². The average Bonchev–Trinajstić information content (AvgIpc) is 2.98. The van der Waals surface area contributed by atoms with Crippen LogP contribution in [0.25, 0.3) is 0 Å². The Hall–Kier alpha value is -1.85. The van der Waals surface area contributed by atoms with E-state index in [-0.39, 0.29) is 10.7 Å². The molecule has 0 aromatic heterocycles. The van der Waals surface area contributed by atoms with Crippen LogP contribution in [0.1, 0.15) is 22.8 Å². The first-order chi connectivity index (χ1) is 11.5. The van der Waals surface area contributed by atoms with E-state index < -0.39 is 5.66 Å². The van der Waals surface area contributed by atoms with Crippen LogP contribution in [0.3, 0.4) is 0 Å². The molecule has 2 aromatic rings. The Morgan fingerprint density at radius 2 is 1.92 bits per heavy atom. The van der Waals surface area contributed by atoms with Crippen molar-refractivity contribution in [2.45, 2.75) is 17.4 Å². The molecule has 24 heavy (non-hydrogen) atoms. The van der Waals surface area contributed by atoms with E-state index in [1.807, 2.05) is 61.4 Å². The van der Waals surface area contributed by atoms with E-state index in [1.54, 1.807) is 11.0 Å². The number of carbonyl (C=O) groups is 1. The van der Waals surface area contributed by atoms with Crippen LogP contribution >= 0.6 is 27.5 Å². The number of para-hydroxylation sites is 1. The largest absolute Gasteiger partial charge is 0.312 e. The molecule has 2 aliphatic heterocycles. The van der Waals surface area contributed by atoms with E-state index in [1.165, 1.54) is 0 Å². The van der Waals surface area contributed by atoms with Crippen LogP contribution in [-0.2, 0) is 5.66 Å². The van der Waals surface area contributed by atoms with Gasteiger partial charge in [0.25, 0.3) is 5.91 Å². The first-order valence-electron chi connectivity index (χ1n) is 7.60. The zero-order valence-corrected chi connectivity index (χ0v) is 15.5. The number of hydrogen-bond acceptors (Lipinski definition) is 3. The predicted molar refractivity (Wildman–Crippen MR) is 100.0 cm³/mol. The molecule has 1 amide bonds. The number of halogens is 2. The highest BCUT2D eigenvalue weighted by atomic mass is 79.9. The second-order valence-electron chi connectivity index (χ2n) is 6.03. The molecule has 4 rings (SSSR count). The minimum Gasteiger partial charge on any atom is -0.312 e. The lowest BCUT2D eigenvalue weighted by Gasteiger charge is -2.42. The van der Waals surface area contributed by atoms with Gasteiger partial charge in [0, 0.05) is 23.2 Å². The molecule has 6 heteroatoms. The summed E-state index contributed by atoms with van der Waals surface area (Å²) in [6, 6.07) is 15.4. The molecule has 0 bridgehead atoms. The van der Waals surface area contributed by atoms with Gasteiger partial charge in [-0.05, 0) is 31.2 Å². The third kappa shape index (κ3) is 1.85. The van der Waals surface area contributed by atoms with Crippen molar-refractivity contribution in [1.82, 2.24) is 4.90 Å². The summed E-state index contributed by atoms with van der Waals surface area (Å²) in [6.45, 7) is 1.97. The second kappa shape index (κ2) is 5.33. The minimum absolute atomic E-state index is 0.0530. The molecule has 0 N–H and O–H groups in total. The van der Waals surface area contributed by atoms with Crippen LogP contribution < -0.4 is 5.01 Å². The van der Waals surface area contributed by atoms with Crippen LogP contribution in [0.2, 0.25) is 5.02 Å². The van der Waals surface area contributed by atoms with Gasteiger partial charge in [0.05, 0.1) is 11.4 Å². The van der Waals surface area contributed by atoms with Crippen molar-refractivity contribution >= 4 is 44.8 Å². The second-order valence-corrected chi connectivity index (χ2v) is 7.38. The molecular weight excluding hydrogens is 390 g/mol. The van der Waals surface area contributed by atoms with Gasteiger partial charge >= 0.3 is 0 Å². The number of carbonyl (C=O) groups excluding carboxylic acids is 1. The quantitative estimate of drug-likeness (QED) is 0.667. The van der Waals surface area contributed by atoms with Crippen molar-refractivity contribution in [3.63, 3.8) is 0 Å². The number of hydrogen-bond donors (Lipinski definition) is 0. The van der Waals surface area contributed by atoms with Gasteiger partial charge in [-0.1, -0.05) is 51.8 Å². The number of nitrogens with zero attached hydrogens (tertiary/aromatic N) is 3. The summed E-state index contributed by atoms with van der Waals surface area (Å²) >= 11 is 9.91. The van der Waals surface area contributed by atoms with Crippen LogP contribution in [0.4, 0.5) is 5.69 Å². The SMILES string of the molecule is CC1=NN(c2ccccc2)C2(c3ccc(Cl)cc3C(=O)N2C)C1Br. The Labute approximate surface area is 153 Å². The number of rotatable bonds is 1. The molecule has 122 valence electrons. The normalized spacial score (nSPS) is 25.4. The van der Waals surface area contributed by atoms with E-state index in [9.17, 15) is 4.79 Å². The lowest BCUT2D eigenvalue weighted by atomic mass is 9.93. The van der Waals surface area contributed by atoms with Crippen molar-refractivity contribution in [2.75, 3.05) is 12.1 Å². The topological polar surface area (TPSA) is 35.9 Å². The van der Waals surface area contributed by atoms with Crippen LogP contribution in [0, 0.1) is 0 Å². The molecule has 0 aliphatic carbocycles. The Morgan fingerprint density at radius 3 is 2.62 bits per heavy atom. The molecule has 2 unspecified atom stereocenters. The highest BCUT2D eigenvalue weighted by molar-refractivity contribution is 9.10. The highest BCUT2D eigenvalue weighted by Gasteiger charge is 2.60. The Balaban J connectivity index is 2.00. The third-order valence-electron chi connectivity index (χ3n) is 4.73. The van der Waals surface area contributed by atoms with Gasteiger partial charge < -0.3 is 4.90 Å². The summed E-state index contributed by atoms with van der Waals surface area (Å²) in [6.07, 6.45) is 0. The minimum atomic E-state index is -0.734. The molecule has 2 aromatic carbocycles. The van der Waals surface area contributed by atoms with Gasteiger partial charge in [-0.2, -0.15) is 5.10 Å². The molecule has 1 spiro atoms. The van der Waals surface area contributed by atoms with Crippen molar-refractivity contribution in [2.24, 2.45) is 5.10 Å². The van der Waals surface area contributed by atoms with Crippen molar-refractivity contribution in [3.8, 4) is 0 Å².